The van der Waals surface area contributed by atoms with E-state index in [1.54, 1.807) is 5.01 Å². The smallest absolute Gasteiger partial charge is 0.358 e. The molecule has 0 amide bonds. The van der Waals surface area contributed by atoms with Gasteiger partial charge in [0.15, 0.2) is 0 Å². The number of hydrazone groups is 1. The highest BCUT2D eigenvalue weighted by Crippen LogP contribution is 2.21. The molecule has 1 aliphatic heterocycles. The lowest BCUT2D eigenvalue weighted by atomic mass is 10.2. The minimum absolute atomic E-state index is 0.0462. The molecule has 7 heteroatoms. The molecular formula is C16H15BrN4O2. The molecule has 0 unspecified atom stereocenters. The molecule has 0 aromatic heterocycles. The van der Waals surface area contributed by atoms with Crippen LogP contribution in [0.4, 0.5) is 5.69 Å². The Balaban J connectivity index is 1.83. The minimum atomic E-state index is -0.414. The van der Waals surface area contributed by atoms with E-state index >= 15 is 0 Å². The van der Waals surface area contributed by atoms with Gasteiger partial charge in [-0.05, 0) is 34.8 Å². The minimum Gasteiger partial charge on any atom is -0.358 e. The highest BCUT2D eigenvalue weighted by atomic mass is 79.9. The van der Waals surface area contributed by atoms with Crippen LogP contribution in [0.3, 0.4) is 0 Å². The average Bonchev–Trinajstić information content (AvgIpc) is 2.56. The summed E-state index contributed by atoms with van der Waals surface area (Å²) in [6, 6.07) is 17.5. The number of nitro groups is 1. The van der Waals surface area contributed by atoms with Crippen LogP contribution in [0.5, 0.6) is 0 Å². The Kier molecular flexibility index (Phi) is 4.68. The van der Waals surface area contributed by atoms with Crippen molar-refractivity contribution in [1.29, 1.82) is 0 Å². The lowest BCUT2D eigenvalue weighted by Crippen LogP contribution is -2.45. The Labute approximate surface area is 142 Å². The van der Waals surface area contributed by atoms with E-state index < -0.39 is 4.92 Å². The van der Waals surface area contributed by atoms with Crippen molar-refractivity contribution < 1.29 is 4.92 Å². The maximum absolute atomic E-state index is 11.2. The van der Waals surface area contributed by atoms with Gasteiger partial charge in [-0.3, -0.25) is 4.90 Å². The fourth-order valence-electron chi connectivity index (χ4n) is 2.44. The molecule has 0 bridgehead atoms. The summed E-state index contributed by atoms with van der Waals surface area (Å²) in [7, 11) is 0. The summed E-state index contributed by atoms with van der Waals surface area (Å²) in [5.74, 6) is -0.0462. The van der Waals surface area contributed by atoms with Crippen LogP contribution in [0.15, 0.2) is 64.2 Å². The molecule has 0 saturated carbocycles. The fraction of sp³-hybridized carbons (Fsp3) is 0.188. The number of amidine groups is 1. The van der Waals surface area contributed by atoms with Crippen molar-refractivity contribution in [3.05, 3.63) is 74.7 Å². The lowest BCUT2D eigenvalue weighted by Gasteiger charge is -2.28. The number of rotatable bonds is 3. The van der Waals surface area contributed by atoms with Crippen molar-refractivity contribution >= 4 is 27.5 Å². The average molecular weight is 375 g/mol. The Morgan fingerprint density at radius 3 is 2.48 bits per heavy atom. The van der Waals surface area contributed by atoms with Crippen molar-refractivity contribution in [3.63, 3.8) is 0 Å². The molecule has 2 aromatic carbocycles. The number of nitrogens with zero attached hydrogens (tertiary/aromatic N) is 4. The van der Waals surface area contributed by atoms with Gasteiger partial charge in [-0.1, -0.05) is 46.3 Å². The number of benzene rings is 2. The molecule has 6 nitrogen and oxygen atoms in total. The van der Waals surface area contributed by atoms with Crippen molar-refractivity contribution in [3.8, 4) is 0 Å². The molecule has 0 fully saturated rings. The zero-order valence-electron chi connectivity index (χ0n) is 12.3. The summed E-state index contributed by atoms with van der Waals surface area (Å²) in [4.78, 5) is 12.8. The van der Waals surface area contributed by atoms with Crippen molar-refractivity contribution in [2.45, 2.75) is 6.54 Å². The molecule has 2 aromatic rings. The van der Waals surface area contributed by atoms with Crippen molar-refractivity contribution in [2.75, 3.05) is 18.2 Å². The van der Waals surface area contributed by atoms with Crippen LogP contribution >= 0.6 is 15.9 Å². The van der Waals surface area contributed by atoms with Crippen LogP contribution in [0.2, 0.25) is 0 Å². The molecule has 1 aliphatic rings. The fourth-order valence-corrected chi connectivity index (χ4v) is 2.70. The zero-order chi connectivity index (χ0) is 16.2. The first-order valence-corrected chi connectivity index (χ1v) is 7.92. The van der Waals surface area contributed by atoms with E-state index in [9.17, 15) is 10.1 Å². The van der Waals surface area contributed by atoms with E-state index in [1.807, 2.05) is 59.5 Å². The third-order valence-corrected chi connectivity index (χ3v) is 4.05. The monoisotopic (exact) mass is 374 g/mol. The van der Waals surface area contributed by atoms with Gasteiger partial charge in [-0.15, -0.1) is 0 Å². The molecule has 0 N–H and O–H groups in total. The second kappa shape index (κ2) is 6.89. The van der Waals surface area contributed by atoms with Gasteiger partial charge in [0.2, 0.25) is 0 Å². The van der Waals surface area contributed by atoms with E-state index in [2.05, 4.69) is 21.0 Å². The number of hydrogen-bond donors (Lipinski definition) is 0. The standard InChI is InChI=1S/C16H15BrN4O2/c17-14-6-8-15(9-7-14)20-12-19(11-16(18-20)21(22)23)10-13-4-2-1-3-5-13/h1-9H,10-12H2. The third-order valence-electron chi connectivity index (χ3n) is 3.52. The van der Waals surface area contributed by atoms with Crippen LogP contribution in [-0.4, -0.2) is 28.9 Å². The largest absolute Gasteiger partial charge is 0.378 e. The highest BCUT2D eigenvalue weighted by Gasteiger charge is 2.29. The summed E-state index contributed by atoms with van der Waals surface area (Å²) < 4.78 is 0.956. The first-order chi connectivity index (χ1) is 11.1. The molecule has 3 rings (SSSR count). The summed E-state index contributed by atoms with van der Waals surface area (Å²) in [6.45, 7) is 1.38. The topological polar surface area (TPSA) is 62.0 Å². The molecule has 1 heterocycles. The number of anilines is 1. The van der Waals surface area contributed by atoms with E-state index in [-0.39, 0.29) is 12.4 Å². The Bertz CT molecular complexity index is 719. The van der Waals surface area contributed by atoms with E-state index in [1.165, 1.54) is 0 Å². The predicted octanol–water partition coefficient (Wildman–Crippen LogP) is 3.32. The molecule has 0 aliphatic carbocycles. The second-order valence-electron chi connectivity index (χ2n) is 5.26. The molecular weight excluding hydrogens is 360 g/mol. The Morgan fingerprint density at radius 1 is 1.13 bits per heavy atom. The quantitative estimate of drug-likeness (QED) is 0.610. The number of halogens is 1. The molecule has 0 atom stereocenters. The predicted molar refractivity (Wildman–Crippen MR) is 92.8 cm³/mol. The van der Waals surface area contributed by atoms with Crippen molar-refractivity contribution in [1.82, 2.24) is 4.90 Å². The van der Waals surface area contributed by atoms with Crippen LogP contribution in [-0.2, 0) is 6.54 Å². The zero-order valence-corrected chi connectivity index (χ0v) is 13.9. The van der Waals surface area contributed by atoms with Gasteiger partial charge in [-0.25, -0.2) is 0 Å². The number of hydrogen-bond acceptors (Lipinski definition) is 5. The summed E-state index contributed by atoms with van der Waals surface area (Å²) in [5, 5.41) is 17.0. The Hall–Kier alpha value is -2.25. The van der Waals surface area contributed by atoms with E-state index in [4.69, 9.17) is 0 Å². The SMILES string of the molecule is O=[N+]([O-])C1=NN(c2ccc(Br)cc2)CN(Cc2ccccc2)C1. The van der Waals surface area contributed by atoms with Gasteiger partial charge in [0.1, 0.15) is 13.2 Å². The van der Waals surface area contributed by atoms with Crippen LogP contribution in [0, 0.1) is 10.1 Å². The summed E-state index contributed by atoms with van der Waals surface area (Å²) >= 11 is 3.39. The van der Waals surface area contributed by atoms with E-state index in [0.29, 0.717) is 13.2 Å². The molecule has 0 radical (unpaired) electrons. The van der Waals surface area contributed by atoms with Gasteiger partial charge in [0, 0.05) is 11.0 Å². The maximum Gasteiger partial charge on any atom is 0.378 e. The van der Waals surface area contributed by atoms with Gasteiger partial charge in [0.25, 0.3) is 0 Å². The molecule has 118 valence electrons. The van der Waals surface area contributed by atoms with Crippen LogP contribution in [0.25, 0.3) is 0 Å². The summed E-state index contributed by atoms with van der Waals surface area (Å²) in [5.41, 5.74) is 1.94. The van der Waals surface area contributed by atoms with Crippen LogP contribution in [0.1, 0.15) is 5.56 Å². The highest BCUT2D eigenvalue weighted by molar-refractivity contribution is 9.10. The van der Waals surface area contributed by atoms with Gasteiger partial charge < -0.3 is 10.1 Å². The van der Waals surface area contributed by atoms with E-state index in [0.717, 1.165) is 15.7 Å². The molecule has 23 heavy (non-hydrogen) atoms. The summed E-state index contributed by atoms with van der Waals surface area (Å²) in [6.07, 6.45) is 0. The second-order valence-corrected chi connectivity index (χ2v) is 6.18. The maximum atomic E-state index is 11.2. The lowest BCUT2D eigenvalue weighted by molar-refractivity contribution is -0.354. The van der Waals surface area contributed by atoms with Gasteiger partial charge in [0.05, 0.1) is 10.8 Å². The molecule has 0 spiro atoms. The first-order valence-electron chi connectivity index (χ1n) is 7.13. The van der Waals surface area contributed by atoms with Gasteiger partial charge >= 0.3 is 5.84 Å². The first kappa shape index (κ1) is 15.6. The van der Waals surface area contributed by atoms with Crippen molar-refractivity contribution in [2.24, 2.45) is 5.10 Å². The third kappa shape index (κ3) is 3.94. The van der Waals surface area contributed by atoms with Crippen LogP contribution < -0.4 is 5.01 Å². The Morgan fingerprint density at radius 2 is 1.83 bits per heavy atom. The normalized spacial score (nSPS) is 15.3. The van der Waals surface area contributed by atoms with Gasteiger partial charge in [-0.2, -0.15) is 5.01 Å². The molecule has 0 saturated heterocycles.